The Bertz CT molecular complexity index is 354. The lowest BCUT2D eigenvalue weighted by Crippen LogP contribution is -2.52. The van der Waals surface area contributed by atoms with Crippen LogP contribution >= 0.6 is 0 Å². The quantitative estimate of drug-likeness (QED) is 0.845. The lowest BCUT2D eigenvalue weighted by atomic mass is 9.80. The summed E-state index contributed by atoms with van der Waals surface area (Å²) in [4.78, 5) is 2.37. The molecular weight excluding hydrogens is 214 g/mol. The maximum absolute atomic E-state index is 6.02. The van der Waals surface area contributed by atoms with Gasteiger partial charge < -0.3 is 5.73 Å². The van der Waals surface area contributed by atoms with E-state index in [4.69, 9.17) is 5.73 Å². The fourth-order valence-electron chi connectivity index (χ4n) is 2.83. The van der Waals surface area contributed by atoms with Crippen LogP contribution in [0.25, 0.3) is 0 Å². The standard InChI is InChI=1S/C12H23N5/c1-16(8-11-9-17(2)15-14-11)12(10-13)6-4-3-5-7-12/h9H,3-8,10,13H2,1-2H3. The minimum Gasteiger partial charge on any atom is -0.329 e. The molecule has 0 amide bonds. The van der Waals surface area contributed by atoms with Gasteiger partial charge in [-0.15, -0.1) is 5.10 Å². The maximum Gasteiger partial charge on any atom is 0.0967 e. The third-order valence-electron chi connectivity index (χ3n) is 4.02. The molecule has 0 bridgehead atoms. The van der Waals surface area contributed by atoms with Gasteiger partial charge in [-0.1, -0.05) is 24.5 Å². The molecule has 5 nitrogen and oxygen atoms in total. The lowest BCUT2D eigenvalue weighted by Gasteiger charge is -2.43. The van der Waals surface area contributed by atoms with Gasteiger partial charge in [0.05, 0.1) is 5.69 Å². The van der Waals surface area contributed by atoms with Crippen molar-refractivity contribution in [2.75, 3.05) is 13.6 Å². The van der Waals surface area contributed by atoms with Crippen LogP contribution in [0.5, 0.6) is 0 Å². The molecule has 1 heterocycles. The molecule has 1 saturated carbocycles. The minimum atomic E-state index is 0.176. The summed E-state index contributed by atoms with van der Waals surface area (Å²) in [7, 11) is 4.06. The molecule has 0 aliphatic heterocycles. The number of aryl methyl sites for hydroxylation is 1. The highest BCUT2D eigenvalue weighted by Gasteiger charge is 2.34. The first kappa shape index (κ1) is 12.5. The maximum atomic E-state index is 6.02. The Kier molecular flexibility index (Phi) is 3.79. The zero-order valence-electron chi connectivity index (χ0n) is 10.9. The highest BCUT2D eigenvalue weighted by molar-refractivity contribution is 4.98. The minimum absolute atomic E-state index is 0.176. The molecule has 0 radical (unpaired) electrons. The van der Waals surface area contributed by atoms with Crippen molar-refractivity contribution in [2.24, 2.45) is 12.8 Å². The van der Waals surface area contributed by atoms with Crippen LogP contribution in [-0.2, 0) is 13.6 Å². The molecule has 5 heteroatoms. The van der Waals surface area contributed by atoms with Crippen LogP contribution in [0, 0.1) is 0 Å². The second-order valence-corrected chi connectivity index (χ2v) is 5.23. The predicted octanol–water partition coefficient (Wildman–Crippen LogP) is 0.908. The second kappa shape index (κ2) is 5.14. The summed E-state index contributed by atoms with van der Waals surface area (Å²) in [5.74, 6) is 0. The van der Waals surface area contributed by atoms with Crippen LogP contribution in [0.1, 0.15) is 37.8 Å². The Morgan fingerprint density at radius 1 is 1.41 bits per heavy atom. The van der Waals surface area contributed by atoms with Crippen molar-refractivity contribution in [3.8, 4) is 0 Å². The van der Waals surface area contributed by atoms with Crippen molar-refractivity contribution in [1.82, 2.24) is 19.9 Å². The van der Waals surface area contributed by atoms with Crippen molar-refractivity contribution in [3.63, 3.8) is 0 Å². The largest absolute Gasteiger partial charge is 0.329 e. The number of hydrogen-bond acceptors (Lipinski definition) is 4. The van der Waals surface area contributed by atoms with Crippen LogP contribution in [0.2, 0.25) is 0 Å². The van der Waals surface area contributed by atoms with Crippen molar-refractivity contribution < 1.29 is 0 Å². The third-order valence-corrected chi connectivity index (χ3v) is 4.02. The molecule has 0 aromatic carbocycles. The van der Waals surface area contributed by atoms with Crippen molar-refractivity contribution in [2.45, 2.75) is 44.2 Å². The summed E-state index contributed by atoms with van der Waals surface area (Å²) in [6, 6.07) is 0. The second-order valence-electron chi connectivity index (χ2n) is 5.23. The molecule has 1 aliphatic carbocycles. The lowest BCUT2D eigenvalue weighted by molar-refractivity contribution is 0.0747. The van der Waals surface area contributed by atoms with Crippen LogP contribution in [-0.4, -0.2) is 39.0 Å². The summed E-state index contributed by atoms with van der Waals surface area (Å²) in [6.45, 7) is 1.58. The van der Waals surface area contributed by atoms with E-state index in [1.807, 2.05) is 13.2 Å². The molecule has 1 fully saturated rings. The molecule has 96 valence electrons. The number of rotatable bonds is 4. The molecule has 0 unspecified atom stereocenters. The number of hydrogen-bond donors (Lipinski definition) is 1. The van der Waals surface area contributed by atoms with E-state index in [1.54, 1.807) is 4.68 Å². The first-order chi connectivity index (χ1) is 8.16. The van der Waals surface area contributed by atoms with Gasteiger partial charge in [-0.05, 0) is 19.9 Å². The van der Waals surface area contributed by atoms with Crippen LogP contribution in [0.3, 0.4) is 0 Å². The normalized spacial score (nSPS) is 19.8. The third kappa shape index (κ3) is 2.66. The number of aromatic nitrogens is 3. The average Bonchev–Trinajstić information content (AvgIpc) is 2.75. The number of nitrogens with zero attached hydrogens (tertiary/aromatic N) is 4. The number of nitrogens with two attached hydrogens (primary N) is 1. The Balaban J connectivity index is 2.04. The topological polar surface area (TPSA) is 60.0 Å². The Morgan fingerprint density at radius 2 is 2.12 bits per heavy atom. The molecule has 2 rings (SSSR count). The van der Waals surface area contributed by atoms with Gasteiger partial charge in [0.15, 0.2) is 0 Å². The summed E-state index contributed by atoms with van der Waals surface area (Å²) >= 11 is 0. The van der Waals surface area contributed by atoms with E-state index >= 15 is 0 Å². The van der Waals surface area contributed by atoms with Gasteiger partial charge >= 0.3 is 0 Å². The van der Waals surface area contributed by atoms with Gasteiger partial charge in [-0.2, -0.15) is 0 Å². The molecule has 0 atom stereocenters. The first-order valence-corrected chi connectivity index (χ1v) is 6.43. The van der Waals surface area contributed by atoms with E-state index in [9.17, 15) is 0 Å². The molecule has 0 spiro atoms. The van der Waals surface area contributed by atoms with Crippen LogP contribution < -0.4 is 5.73 Å². The summed E-state index contributed by atoms with van der Waals surface area (Å²) in [6.07, 6.45) is 8.33. The zero-order chi connectivity index (χ0) is 12.3. The molecule has 0 saturated heterocycles. The number of likely N-dealkylation sites (N-methyl/N-ethyl adjacent to an activating group) is 1. The highest BCUT2D eigenvalue weighted by atomic mass is 15.4. The zero-order valence-corrected chi connectivity index (χ0v) is 10.9. The molecule has 2 N–H and O–H groups in total. The van der Waals surface area contributed by atoms with Gasteiger partial charge in [-0.25, -0.2) is 0 Å². The molecule has 1 aromatic rings. The molecule has 17 heavy (non-hydrogen) atoms. The smallest absolute Gasteiger partial charge is 0.0967 e. The fraction of sp³-hybridized carbons (Fsp3) is 0.833. The SMILES string of the molecule is CN(Cc1cn(C)nn1)C1(CN)CCCCC1. The first-order valence-electron chi connectivity index (χ1n) is 6.43. The van der Waals surface area contributed by atoms with Gasteiger partial charge in [0, 0.05) is 31.9 Å². The van der Waals surface area contributed by atoms with Crippen molar-refractivity contribution in [1.29, 1.82) is 0 Å². The summed E-state index contributed by atoms with van der Waals surface area (Å²) < 4.78 is 1.75. The van der Waals surface area contributed by atoms with Crippen molar-refractivity contribution in [3.05, 3.63) is 11.9 Å². The highest BCUT2D eigenvalue weighted by Crippen LogP contribution is 2.32. The monoisotopic (exact) mass is 237 g/mol. The van der Waals surface area contributed by atoms with E-state index in [2.05, 4.69) is 22.3 Å². The Hall–Kier alpha value is -0.940. The van der Waals surface area contributed by atoms with Crippen molar-refractivity contribution >= 4 is 0 Å². The molecule has 1 aliphatic rings. The summed E-state index contributed by atoms with van der Waals surface area (Å²) in [5, 5.41) is 8.12. The Morgan fingerprint density at radius 3 is 2.65 bits per heavy atom. The van der Waals surface area contributed by atoms with E-state index < -0.39 is 0 Å². The predicted molar refractivity (Wildman–Crippen MR) is 67.3 cm³/mol. The van der Waals surface area contributed by atoms with Crippen LogP contribution in [0.15, 0.2) is 6.20 Å². The van der Waals surface area contributed by atoms with E-state index in [1.165, 1.54) is 32.1 Å². The van der Waals surface area contributed by atoms with Crippen LogP contribution in [0.4, 0.5) is 0 Å². The van der Waals surface area contributed by atoms with Gasteiger partial charge in [-0.3, -0.25) is 9.58 Å². The fourth-order valence-corrected chi connectivity index (χ4v) is 2.83. The molecular formula is C12H23N5. The summed E-state index contributed by atoms with van der Waals surface area (Å²) in [5.41, 5.74) is 7.21. The van der Waals surface area contributed by atoms with E-state index in [-0.39, 0.29) is 5.54 Å². The van der Waals surface area contributed by atoms with Gasteiger partial charge in [0.2, 0.25) is 0 Å². The average molecular weight is 237 g/mol. The Labute approximate surface area is 103 Å². The van der Waals surface area contributed by atoms with Gasteiger partial charge in [0.1, 0.15) is 0 Å². The van der Waals surface area contributed by atoms with E-state index in [0.29, 0.717) is 0 Å². The van der Waals surface area contributed by atoms with E-state index in [0.717, 1.165) is 18.8 Å². The molecule has 1 aromatic heterocycles. The van der Waals surface area contributed by atoms with Gasteiger partial charge in [0.25, 0.3) is 0 Å².